The maximum atomic E-state index is 12.9. The molecule has 0 aliphatic rings. The van der Waals surface area contributed by atoms with E-state index >= 15 is 0 Å². The zero-order valence-electron chi connectivity index (χ0n) is 11.6. The lowest BCUT2D eigenvalue weighted by molar-refractivity contribution is -0.0435. The van der Waals surface area contributed by atoms with Gasteiger partial charge >= 0.3 is 5.51 Å². The first-order valence-corrected chi connectivity index (χ1v) is 7.89. The Balaban J connectivity index is 2.10. The first kappa shape index (κ1) is 16.2. The smallest absolute Gasteiger partial charge is 0.457 e. The second-order valence-electron chi connectivity index (χ2n) is 4.73. The van der Waals surface area contributed by atoms with E-state index < -0.39 is 26.1 Å². The Labute approximate surface area is 132 Å². The van der Waals surface area contributed by atoms with Crippen LogP contribution in [-0.2, 0) is 9.84 Å². The van der Waals surface area contributed by atoms with Gasteiger partial charge in [-0.2, -0.15) is 18.3 Å². The molecule has 0 spiro atoms. The number of sulfone groups is 1. The molecule has 0 amide bonds. The highest BCUT2D eigenvalue weighted by Gasteiger charge is 2.48. The molecule has 0 radical (unpaired) electrons. The van der Waals surface area contributed by atoms with Gasteiger partial charge in [0.15, 0.2) is 0 Å². The monoisotopic (exact) mass is 360 g/mol. The standard InChI is InChI=1S/C14H8F4N2O3S/c15-8-1-3-9(4-2-8)23-11-5-6-12(13-10(11)7-19-20-13)24(21,22)14(16,17)18/h1-7H,(H,19,20). The molecule has 0 aliphatic heterocycles. The van der Waals surface area contributed by atoms with Crippen LogP contribution in [0.15, 0.2) is 47.5 Å². The molecule has 1 N–H and O–H groups in total. The number of benzene rings is 2. The van der Waals surface area contributed by atoms with E-state index in [0.29, 0.717) is 0 Å². The maximum Gasteiger partial charge on any atom is 0.501 e. The Kier molecular flexibility index (Phi) is 3.71. The van der Waals surface area contributed by atoms with Crippen LogP contribution < -0.4 is 4.74 Å². The Hall–Kier alpha value is -2.62. The summed E-state index contributed by atoms with van der Waals surface area (Å²) in [6, 6.07) is 6.79. The number of fused-ring (bicyclic) bond motifs is 1. The molecule has 0 atom stereocenters. The van der Waals surface area contributed by atoms with Gasteiger partial charge in [-0.05, 0) is 36.4 Å². The Morgan fingerprint density at radius 3 is 2.33 bits per heavy atom. The number of hydrogen-bond donors (Lipinski definition) is 1. The van der Waals surface area contributed by atoms with E-state index in [-0.39, 0.29) is 22.4 Å². The summed E-state index contributed by atoms with van der Waals surface area (Å²) >= 11 is 0. The lowest BCUT2D eigenvalue weighted by Crippen LogP contribution is -2.23. The largest absolute Gasteiger partial charge is 0.501 e. The van der Waals surface area contributed by atoms with Crippen molar-refractivity contribution < 1.29 is 30.7 Å². The van der Waals surface area contributed by atoms with Crippen molar-refractivity contribution in [2.75, 3.05) is 0 Å². The fourth-order valence-corrected chi connectivity index (χ4v) is 2.97. The third kappa shape index (κ3) is 2.68. The average molecular weight is 360 g/mol. The summed E-state index contributed by atoms with van der Waals surface area (Å²) in [6.45, 7) is 0. The molecule has 0 aliphatic carbocycles. The zero-order valence-corrected chi connectivity index (χ0v) is 12.5. The van der Waals surface area contributed by atoms with E-state index in [0.717, 1.165) is 30.5 Å². The van der Waals surface area contributed by atoms with E-state index in [4.69, 9.17) is 4.74 Å². The second kappa shape index (κ2) is 5.48. The van der Waals surface area contributed by atoms with Crippen molar-refractivity contribution in [3.63, 3.8) is 0 Å². The lowest BCUT2D eigenvalue weighted by atomic mass is 10.2. The van der Waals surface area contributed by atoms with Gasteiger partial charge in [-0.15, -0.1) is 0 Å². The summed E-state index contributed by atoms with van der Waals surface area (Å²) in [5.74, 6) is -0.181. The molecule has 0 bridgehead atoms. The average Bonchev–Trinajstić information content (AvgIpc) is 2.98. The van der Waals surface area contributed by atoms with Gasteiger partial charge in [0.2, 0.25) is 0 Å². The fraction of sp³-hybridized carbons (Fsp3) is 0.0714. The number of halogens is 4. The molecule has 3 aromatic rings. The Bertz CT molecular complexity index is 995. The molecule has 1 heterocycles. The quantitative estimate of drug-likeness (QED) is 0.722. The van der Waals surface area contributed by atoms with Gasteiger partial charge in [0, 0.05) is 0 Å². The predicted molar refractivity (Wildman–Crippen MR) is 75.8 cm³/mol. The number of rotatable bonds is 3. The summed E-state index contributed by atoms with van der Waals surface area (Å²) in [4.78, 5) is -0.950. The van der Waals surface area contributed by atoms with Crippen molar-refractivity contribution in [3.05, 3.63) is 48.4 Å². The van der Waals surface area contributed by atoms with Crippen molar-refractivity contribution in [2.24, 2.45) is 0 Å². The molecular formula is C14H8F4N2O3S. The first-order chi connectivity index (χ1) is 11.2. The Morgan fingerprint density at radius 2 is 1.71 bits per heavy atom. The molecule has 3 rings (SSSR count). The minimum atomic E-state index is -5.54. The molecule has 1 aromatic heterocycles. The normalized spacial score (nSPS) is 12.5. The highest BCUT2D eigenvalue weighted by atomic mass is 32.2. The molecular weight excluding hydrogens is 352 g/mol. The van der Waals surface area contributed by atoms with Gasteiger partial charge in [-0.25, -0.2) is 12.8 Å². The fourth-order valence-electron chi connectivity index (χ4n) is 2.05. The predicted octanol–water partition coefficient (Wildman–Crippen LogP) is 3.79. The molecule has 10 heteroatoms. The number of nitrogens with one attached hydrogen (secondary N) is 1. The minimum Gasteiger partial charge on any atom is -0.457 e. The highest BCUT2D eigenvalue weighted by molar-refractivity contribution is 7.92. The number of alkyl halides is 3. The van der Waals surface area contributed by atoms with Gasteiger partial charge < -0.3 is 4.74 Å². The summed E-state index contributed by atoms with van der Waals surface area (Å²) in [6.07, 6.45) is 1.14. The van der Waals surface area contributed by atoms with Crippen LogP contribution in [0.25, 0.3) is 10.9 Å². The number of H-pyrrole nitrogens is 1. The van der Waals surface area contributed by atoms with Crippen LogP contribution in [0.5, 0.6) is 11.5 Å². The number of hydrogen-bond acceptors (Lipinski definition) is 4. The van der Waals surface area contributed by atoms with Crippen molar-refractivity contribution in [3.8, 4) is 11.5 Å². The number of aromatic amines is 1. The lowest BCUT2D eigenvalue weighted by Gasteiger charge is -2.11. The maximum absolute atomic E-state index is 12.9. The second-order valence-corrected chi connectivity index (χ2v) is 6.64. The number of ether oxygens (including phenoxy) is 1. The molecule has 126 valence electrons. The molecule has 0 saturated carbocycles. The van der Waals surface area contributed by atoms with Crippen molar-refractivity contribution >= 4 is 20.7 Å². The molecule has 0 saturated heterocycles. The summed E-state index contributed by atoms with van der Waals surface area (Å²) in [7, 11) is -5.54. The van der Waals surface area contributed by atoms with Crippen LogP contribution in [0, 0.1) is 5.82 Å². The minimum absolute atomic E-state index is 0.0460. The zero-order chi connectivity index (χ0) is 17.5. The van der Waals surface area contributed by atoms with Gasteiger partial charge in [0.05, 0.1) is 17.1 Å². The number of nitrogens with zero attached hydrogens (tertiary/aromatic N) is 1. The third-order valence-corrected chi connectivity index (χ3v) is 4.70. The summed E-state index contributed by atoms with van der Waals surface area (Å²) in [5, 5.41) is 5.86. The highest BCUT2D eigenvalue weighted by Crippen LogP contribution is 2.37. The van der Waals surface area contributed by atoms with Gasteiger partial charge in [0.1, 0.15) is 22.2 Å². The molecule has 5 nitrogen and oxygen atoms in total. The van der Waals surface area contributed by atoms with Crippen molar-refractivity contribution in [1.29, 1.82) is 0 Å². The van der Waals surface area contributed by atoms with E-state index in [1.807, 2.05) is 0 Å². The van der Waals surface area contributed by atoms with Gasteiger partial charge in [0.25, 0.3) is 9.84 Å². The van der Waals surface area contributed by atoms with Gasteiger partial charge in [-0.3, -0.25) is 5.10 Å². The van der Waals surface area contributed by atoms with Crippen molar-refractivity contribution in [2.45, 2.75) is 10.4 Å². The van der Waals surface area contributed by atoms with Gasteiger partial charge in [-0.1, -0.05) is 0 Å². The van der Waals surface area contributed by atoms with Crippen LogP contribution in [0.1, 0.15) is 0 Å². The third-order valence-electron chi connectivity index (χ3n) is 3.17. The molecule has 24 heavy (non-hydrogen) atoms. The summed E-state index contributed by atoms with van der Waals surface area (Å²) in [5.41, 5.74) is -5.77. The molecule has 0 unspecified atom stereocenters. The van der Waals surface area contributed by atoms with Crippen LogP contribution in [0.4, 0.5) is 17.6 Å². The molecule has 2 aromatic carbocycles. The van der Waals surface area contributed by atoms with Crippen LogP contribution in [0.3, 0.4) is 0 Å². The molecule has 0 fully saturated rings. The van der Waals surface area contributed by atoms with E-state index in [2.05, 4.69) is 10.2 Å². The van der Waals surface area contributed by atoms with Crippen LogP contribution >= 0.6 is 0 Å². The van der Waals surface area contributed by atoms with E-state index in [1.54, 1.807) is 0 Å². The van der Waals surface area contributed by atoms with E-state index in [1.165, 1.54) is 12.1 Å². The first-order valence-electron chi connectivity index (χ1n) is 6.41. The Morgan fingerprint density at radius 1 is 1.04 bits per heavy atom. The number of aromatic nitrogens is 2. The topological polar surface area (TPSA) is 72.1 Å². The summed E-state index contributed by atoms with van der Waals surface area (Å²) < 4.78 is 79.8. The van der Waals surface area contributed by atoms with Crippen molar-refractivity contribution in [1.82, 2.24) is 10.2 Å². The van der Waals surface area contributed by atoms with Crippen LogP contribution in [-0.4, -0.2) is 24.1 Å². The SMILES string of the molecule is O=S(=O)(c1ccc(Oc2ccc(F)cc2)c2cn[nH]c12)C(F)(F)F. The van der Waals surface area contributed by atoms with Crippen LogP contribution in [0.2, 0.25) is 0 Å². The van der Waals surface area contributed by atoms with E-state index in [9.17, 15) is 26.0 Å².